The predicted octanol–water partition coefficient (Wildman–Crippen LogP) is 3.19. The number of nitrogens with one attached hydrogen (secondary N) is 1. The maximum atomic E-state index is 11.8. The Bertz CT molecular complexity index is 719. The molecule has 0 fully saturated rings. The molecule has 1 aromatic carbocycles. The van der Waals surface area contributed by atoms with Crippen LogP contribution in [-0.2, 0) is 16.1 Å². The number of aromatic nitrogens is 1. The van der Waals surface area contributed by atoms with Gasteiger partial charge in [0, 0.05) is 18.0 Å². The lowest BCUT2D eigenvalue weighted by Gasteiger charge is -2.19. The van der Waals surface area contributed by atoms with E-state index in [-0.39, 0.29) is 10.8 Å². The molecule has 24 heavy (non-hydrogen) atoms. The highest BCUT2D eigenvalue weighted by molar-refractivity contribution is 7.09. The van der Waals surface area contributed by atoms with Crippen molar-refractivity contribution in [1.29, 1.82) is 0 Å². The first kappa shape index (κ1) is 18.4. The van der Waals surface area contributed by atoms with Gasteiger partial charge in [-0.15, -0.1) is 0 Å². The number of hydrogen-bond acceptors (Lipinski definition) is 5. The van der Waals surface area contributed by atoms with Crippen LogP contribution in [0.1, 0.15) is 30.7 Å². The van der Waals surface area contributed by atoms with E-state index in [9.17, 15) is 9.59 Å². The summed E-state index contributed by atoms with van der Waals surface area (Å²) < 4.78 is 4.98. The summed E-state index contributed by atoms with van der Waals surface area (Å²) in [7, 11) is 0. The second-order valence-corrected chi connectivity index (χ2v) is 6.67. The highest BCUT2D eigenvalue weighted by atomic mass is 32.1. The third-order valence-corrected chi connectivity index (χ3v) is 4.68. The molecule has 0 aliphatic rings. The van der Waals surface area contributed by atoms with Gasteiger partial charge >= 0.3 is 10.8 Å². The molecule has 0 amide bonds. The second-order valence-electron chi connectivity index (χ2n) is 5.60. The number of hydrogen-bond donors (Lipinski definition) is 1. The van der Waals surface area contributed by atoms with Crippen LogP contribution in [-0.4, -0.2) is 35.5 Å². The standard InChI is InChI=1S/C18H24N2O3S/c1-4-20(11-10-16(21)23-5-2)12-15-17(19-18(22)24-15)14-8-6-13(3)7-9-14/h6-9H,4-5,10-12H2,1-3H3,(H,19,22). The first-order valence-electron chi connectivity index (χ1n) is 8.20. The summed E-state index contributed by atoms with van der Waals surface area (Å²) in [4.78, 5) is 29.4. The molecule has 5 nitrogen and oxygen atoms in total. The van der Waals surface area contributed by atoms with E-state index in [1.807, 2.05) is 38.1 Å². The largest absolute Gasteiger partial charge is 0.466 e. The van der Waals surface area contributed by atoms with Gasteiger partial charge in [0.15, 0.2) is 0 Å². The molecular weight excluding hydrogens is 324 g/mol. The topological polar surface area (TPSA) is 62.4 Å². The van der Waals surface area contributed by atoms with Crippen molar-refractivity contribution in [3.63, 3.8) is 0 Å². The average Bonchev–Trinajstić information content (AvgIpc) is 2.93. The van der Waals surface area contributed by atoms with Gasteiger partial charge < -0.3 is 9.72 Å². The molecule has 6 heteroatoms. The van der Waals surface area contributed by atoms with E-state index >= 15 is 0 Å². The van der Waals surface area contributed by atoms with Crippen molar-refractivity contribution in [2.45, 2.75) is 33.7 Å². The number of benzene rings is 1. The Kier molecular flexibility index (Phi) is 6.75. The number of rotatable bonds is 8. The van der Waals surface area contributed by atoms with Crippen LogP contribution in [0, 0.1) is 6.92 Å². The van der Waals surface area contributed by atoms with E-state index in [2.05, 4.69) is 9.88 Å². The van der Waals surface area contributed by atoms with Gasteiger partial charge in [-0.25, -0.2) is 0 Å². The van der Waals surface area contributed by atoms with E-state index in [0.29, 0.717) is 26.1 Å². The SMILES string of the molecule is CCOC(=O)CCN(CC)Cc1sc(=O)[nH]c1-c1ccc(C)cc1. The molecule has 0 atom stereocenters. The van der Waals surface area contributed by atoms with Crippen LogP contribution < -0.4 is 4.87 Å². The zero-order chi connectivity index (χ0) is 17.5. The number of nitrogens with zero attached hydrogens (tertiary/aromatic N) is 1. The Morgan fingerprint density at radius 1 is 1.25 bits per heavy atom. The Balaban J connectivity index is 2.12. The summed E-state index contributed by atoms with van der Waals surface area (Å²) in [6, 6.07) is 8.11. The van der Waals surface area contributed by atoms with Crippen LogP contribution >= 0.6 is 11.3 Å². The summed E-state index contributed by atoms with van der Waals surface area (Å²) in [5.74, 6) is -0.183. The molecule has 1 aromatic heterocycles. The van der Waals surface area contributed by atoms with Gasteiger partial charge in [-0.1, -0.05) is 48.1 Å². The van der Waals surface area contributed by atoms with Gasteiger partial charge in [0.05, 0.1) is 18.7 Å². The summed E-state index contributed by atoms with van der Waals surface area (Å²) in [5, 5.41) is 0. The van der Waals surface area contributed by atoms with Gasteiger partial charge in [0.2, 0.25) is 0 Å². The minimum atomic E-state index is -0.183. The fourth-order valence-electron chi connectivity index (χ4n) is 2.46. The summed E-state index contributed by atoms with van der Waals surface area (Å²) >= 11 is 1.23. The summed E-state index contributed by atoms with van der Waals surface area (Å²) in [6.45, 7) is 8.36. The third kappa shape index (κ3) is 5.04. The van der Waals surface area contributed by atoms with Gasteiger partial charge in [-0.2, -0.15) is 0 Å². The normalized spacial score (nSPS) is 11.0. The highest BCUT2D eigenvalue weighted by Gasteiger charge is 2.15. The van der Waals surface area contributed by atoms with E-state index in [0.717, 1.165) is 22.7 Å². The maximum absolute atomic E-state index is 11.8. The molecule has 0 radical (unpaired) electrons. The van der Waals surface area contributed by atoms with Gasteiger partial charge in [-0.3, -0.25) is 14.5 Å². The molecule has 0 saturated heterocycles. The van der Waals surface area contributed by atoms with Crippen LogP contribution in [0.3, 0.4) is 0 Å². The number of H-pyrrole nitrogens is 1. The number of esters is 1. The Morgan fingerprint density at radius 3 is 2.58 bits per heavy atom. The van der Waals surface area contributed by atoms with Crippen LogP contribution in [0.15, 0.2) is 29.1 Å². The zero-order valence-electron chi connectivity index (χ0n) is 14.4. The van der Waals surface area contributed by atoms with Crippen molar-refractivity contribution in [3.8, 4) is 11.3 Å². The van der Waals surface area contributed by atoms with Gasteiger partial charge in [-0.05, 0) is 26.0 Å². The summed E-state index contributed by atoms with van der Waals surface area (Å²) in [6.07, 6.45) is 0.362. The Hall–Kier alpha value is -1.92. The average molecular weight is 348 g/mol. The van der Waals surface area contributed by atoms with E-state index in [1.54, 1.807) is 6.92 Å². The lowest BCUT2D eigenvalue weighted by Crippen LogP contribution is -2.26. The molecule has 0 aliphatic heterocycles. The highest BCUT2D eigenvalue weighted by Crippen LogP contribution is 2.25. The Labute approximate surface area is 146 Å². The van der Waals surface area contributed by atoms with Crippen molar-refractivity contribution >= 4 is 17.3 Å². The first-order valence-corrected chi connectivity index (χ1v) is 9.02. The molecule has 0 saturated carbocycles. The molecule has 130 valence electrons. The van der Waals surface area contributed by atoms with Crippen LogP contribution in [0.5, 0.6) is 0 Å². The van der Waals surface area contributed by atoms with Crippen molar-refractivity contribution < 1.29 is 9.53 Å². The molecular formula is C18H24N2O3S. The van der Waals surface area contributed by atoms with E-state index in [4.69, 9.17) is 4.74 Å². The number of carbonyl (C=O) groups is 1. The lowest BCUT2D eigenvalue weighted by atomic mass is 10.1. The fourth-order valence-corrected chi connectivity index (χ4v) is 3.35. The minimum absolute atomic E-state index is 0.0537. The number of thiazole rings is 1. The van der Waals surface area contributed by atoms with Crippen LogP contribution in [0.25, 0.3) is 11.3 Å². The van der Waals surface area contributed by atoms with Crippen molar-refractivity contribution in [3.05, 3.63) is 44.4 Å². The van der Waals surface area contributed by atoms with Crippen molar-refractivity contribution in [2.24, 2.45) is 0 Å². The number of carbonyl (C=O) groups excluding carboxylic acids is 1. The minimum Gasteiger partial charge on any atom is -0.466 e. The quantitative estimate of drug-likeness (QED) is 0.744. The maximum Gasteiger partial charge on any atom is 0.307 e. The number of aryl methyl sites for hydroxylation is 1. The molecule has 0 spiro atoms. The number of ether oxygens (including phenoxy) is 1. The lowest BCUT2D eigenvalue weighted by molar-refractivity contribution is -0.143. The zero-order valence-corrected chi connectivity index (χ0v) is 15.2. The van der Waals surface area contributed by atoms with Crippen LogP contribution in [0.4, 0.5) is 0 Å². The fraction of sp³-hybridized carbons (Fsp3) is 0.444. The van der Waals surface area contributed by atoms with Gasteiger partial charge in [0.25, 0.3) is 0 Å². The Morgan fingerprint density at radius 2 is 1.96 bits per heavy atom. The number of aromatic amines is 1. The van der Waals surface area contributed by atoms with E-state index < -0.39 is 0 Å². The monoisotopic (exact) mass is 348 g/mol. The first-order chi connectivity index (χ1) is 11.5. The molecule has 1 heterocycles. The van der Waals surface area contributed by atoms with Crippen molar-refractivity contribution in [2.75, 3.05) is 19.7 Å². The molecule has 2 rings (SSSR count). The third-order valence-electron chi connectivity index (χ3n) is 3.81. The molecule has 0 aliphatic carbocycles. The van der Waals surface area contributed by atoms with E-state index in [1.165, 1.54) is 16.9 Å². The molecule has 0 bridgehead atoms. The van der Waals surface area contributed by atoms with Gasteiger partial charge in [0.1, 0.15) is 0 Å². The predicted molar refractivity (Wildman–Crippen MR) is 97.3 cm³/mol. The summed E-state index contributed by atoms with van der Waals surface area (Å²) in [5.41, 5.74) is 3.07. The smallest absolute Gasteiger partial charge is 0.307 e. The molecule has 2 aromatic rings. The molecule has 0 unspecified atom stereocenters. The second kappa shape index (κ2) is 8.80. The van der Waals surface area contributed by atoms with Crippen molar-refractivity contribution in [1.82, 2.24) is 9.88 Å². The van der Waals surface area contributed by atoms with Crippen LogP contribution in [0.2, 0.25) is 0 Å². The molecule has 1 N–H and O–H groups in total.